The van der Waals surface area contributed by atoms with Crippen molar-refractivity contribution < 1.29 is 44.7 Å². The molecule has 0 spiro atoms. The number of benzene rings is 2. The molecule has 0 aliphatic heterocycles. The minimum atomic E-state index is -5.24. The van der Waals surface area contributed by atoms with Crippen LogP contribution in [0, 0.1) is 29.1 Å². The van der Waals surface area contributed by atoms with Crippen molar-refractivity contribution in [2.75, 3.05) is 0 Å². The molecule has 0 N–H and O–H groups in total. The molecule has 0 unspecified atom stereocenters. The second-order valence-electron chi connectivity index (χ2n) is 4.32. The largest absolute Gasteiger partial charge is 0.573 e. The smallest absolute Gasteiger partial charge is 0.405 e. The molecule has 2 rings (SSSR count). The predicted molar refractivity (Wildman–Crippen MR) is 62.8 cm³/mol. The average molecular weight is 356 g/mol. The Morgan fingerprint density at radius 3 is 1.75 bits per heavy atom. The molecule has 2 aromatic rings. The zero-order chi connectivity index (χ0) is 18.2. The molecule has 0 amide bonds. The van der Waals surface area contributed by atoms with Crippen LogP contribution in [0.4, 0.5) is 35.1 Å². The van der Waals surface area contributed by atoms with Gasteiger partial charge in [-0.15, -0.1) is 13.2 Å². The van der Waals surface area contributed by atoms with Gasteiger partial charge in [-0.05, 0) is 12.1 Å². The van der Waals surface area contributed by atoms with Gasteiger partial charge in [-0.25, -0.2) is 22.0 Å². The zero-order valence-corrected chi connectivity index (χ0v) is 11.1. The third-order valence-corrected chi connectivity index (χ3v) is 2.79. The van der Waals surface area contributed by atoms with E-state index in [4.69, 9.17) is 0 Å². The van der Waals surface area contributed by atoms with Crippen LogP contribution in [-0.4, -0.2) is 12.1 Å². The number of alkyl halides is 3. The van der Waals surface area contributed by atoms with Crippen LogP contribution < -0.4 is 4.74 Å². The monoisotopic (exact) mass is 356 g/mol. The lowest BCUT2D eigenvalue weighted by Crippen LogP contribution is -2.20. The highest BCUT2D eigenvalue weighted by Crippen LogP contribution is 2.31. The molecular weight excluding hydrogens is 352 g/mol. The SMILES string of the molecule is O=C(c1ccccc1OC(F)(F)F)c1c(F)c(F)c(F)c(F)c1F. The van der Waals surface area contributed by atoms with Crippen LogP contribution in [-0.2, 0) is 0 Å². The van der Waals surface area contributed by atoms with Crippen LogP contribution in [0.5, 0.6) is 5.75 Å². The molecule has 0 radical (unpaired) electrons. The molecular formula is C14H4F8O2. The van der Waals surface area contributed by atoms with E-state index >= 15 is 0 Å². The minimum absolute atomic E-state index is 0.646. The summed E-state index contributed by atoms with van der Waals surface area (Å²) in [6.07, 6.45) is -5.24. The summed E-state index contributed by atoms with van der Waals surface area (Å²) in [7, 11) is 0. The van der Waals surface area contributed by atoms with Gasteiger partial charge in [-0.2, -0.15) is 0 Å². The van der Waals surface area contributed by atoms with Gasteiger partial charge in [0.1, 0.15) is 11.3 Å². The summed E-state index contributed by atoms with van der Waals surface area (Å²) in [4.78, 5) is 12.0. The Kier molecular flexibility index (Phi) is 4.50. The van der Waals surface area contributed by atoms with Gasteiger partial charge < -0.3 is 4.74 Å². The Morgan fingerprint density at radius 1 is 0.792 bits per heavy atom. The summed E-state index contributed by atoms with van der Waals surface area (Å²) in [6.45, 7) is 0. The third kappa shape index (κ3) is 3.17. The first-order chi connectivity index (χ1) is 11.0. The Labute approximate surface area is 128 Å². The van der Waals surface area contributed by atoms with Crippen molar-refractivity contribution in [3.8, 4) is 5.75 Å². The molecule has 0 fully saturated rings. The minimum Gasteiger partial charge on any atom is -0.405 e. The lowest BCUT2D eigenvalue weighted by Gasteiger charge is -2.13. The van der Waals surface area contributed by atoms with Crippen LogP contribution in [0.2, 0.25) is 0 Å². The fourth-order valence-electron chi connectivity index (χ4n) is 1.81. The van der Waals surface area contributed by atoms with Crippen molar-refractivity contribution in [1.29, 1.82) is 0 Å². The van der Waals surface area contributed by atoms with E-state index in [0.717, 1.165) is 12.1 Å². The Hall–Kier alpha value is -2.65. The summed E-state index contributed by atoms with van der Waals surface area (Å²) in [5.74, 6) is -15.2. The molecule has 2 aromatic carbocycles. The highest BCUT2D eigenvalue weighted by atomic mass is 19.4. The van der Waals surface area contributed by atoms with E-state index in [9.17, 15) is 39.9 Å². The van der Waals surface area contributed by atoms with Gasteiger partial charge in [0.25, 0.3) is 0 Å². The standard InChI is InChI=1S/C14H4F8O2/c15-8-7(9(16)11(18)12(19)10(8)17)13(23)5-3-1-2-4-6(5)24-14(20,21)22/h1-4H. The quantitative estimate of drug-likeness (QED) is 0.350. The van der Waals surface area contributed by atoms with E-state index in [-0.39, 0.29) is 0 Å². The summed E-state index contributed by atoms with van der Waals surface area (Å²) < 4.78 is 107. The highest BCUT2D eigenvalue weighted by Gasteiger charge is 2.35. The van der Waals surface area contributed by atoms with Crippen LogP contribution in [0.15, 0.2) is 24.3 Å². The number of carbonyl (C=O) groups is 1. The van der Waals surface area contributed by atoms with Crippen molar-refractivity contribution in [1.82, 2.24) is 0 Å². The Bertz CT molecular complexity index is 784. The maximum absolute atomic E-state index is 13.6. The molecule has 0 saturated heterocycles. The Morgan fingerprint density at radius 2 is 1.25 bits per heavy atom. The highest BCUT2D eigenvalue weighted by molar-refractivity contribution is 6.11. The molecule has 10 heteroatoms. The number of carbonyl (C=O) groups excluding carboxylic acids is 1. The van der Waals surface area contributed by atoms with Gasteiger partial charge in [0.05, 0.1) is 5.56 Å². The maximum atomic E-state index is 13.6. The normalized spacial score (nSPS) is 11.5. The topological polar surface area (TPSA) is 26.3 Å². The predicted octanol–water partition coefficient (Wildman–Crippen LogP) is 4.51. The number of ether oxygens (including phenoxy) is 1. The molecule has 0 bridgehead atoms. The number of rotatable bonds is 3. The van der Waals surface area contributed by atoms with Crippen molar-refractivity contribution in [3.63, 3.8) is 0 Å². The van der Waals surface area contributed by atoms with E-state index in [1.54, 1.807) is 0 Å². The van der Waals surface area contributed by atoms with Crippen LogP contribution in [0.3, 0.4) is 0 Å². The number of ketones is 1. The van der Waals surface area contributed by atoms with Crippen molar-refractivity contribution >= 4 is 5.78 Å². The van der Waals surface area contributed by atoms with Crippen molar-refractivity contribution in [2.24, 2.45) is 0 Å². The first-order valence-corrected chi connectivity index (χ1v) is 5.95. The third-order valence-electron chi connectivity index (χ3n) is 2.79. The molecule has 0 aliphatic carbocycles. The molecule has 0 aliphatic rings. The van der Waals surface area contributed by atoms with Gasteiger partial charge in [-0.3, -0.25) is 4.79 Å². The summed E-state index contributed by atoms with van der Waals surface area (Å²) in [6, 6.07) is 3.35. The molecule has 0 heterocycles. The van der Waals surface area contributed by atoms with E-state index in [0.29, 0.717) is 12.1 Å². The van der Waals surface area contributed by atoms with E-state index in [2.05, 4.69) is 4.74 Å². The molecule has 0 aromatic heterocycles. The second-order valence-corrected chi connectivity index (χ2v) is 4.32. The van der Waals surface area contributed by atoms with Gasteiger partial charge in [0, 0.05) is 0 Å². The Balaban J connectivity index is 2.64. The first-order valence-electron chi connectivity index (χ1n) is 5.95. The summed E-state index contributed by atoms with van der Waals surface area (Å²) in [5, 5.41) is 0. The molecule has 2 nitrogen and oxygen atoms in total. The van der Waals surface area contributed by atoms with E-state index in [1.807, 2.05) is 0 Å². The fraction of sp³-hybridized carbons (Fsp3) is 0.0714. The second kappa shape index (κ2) is 6.10. The van der Waals surface area contributed by atoms with Crippen LogP contribution in [0.25, 0.3) is 0 Å². The summed E-state index contributed by atoms with van der Waals surface area (Å²) >= 11 is 0. The van der Waals surface area contributed by atoms with E-state index < -0.39 is 58.1 Å². The van der Waals surface area contributed by atoms with Gasteiger partial charge in [-0.1, -0.05) is 12.1 Å². The number of halogens is 8. The summed E-state index contributed by atoms with van der Waals surface area (Å²) in [5.41, 5.74) is -2.91. The molecule has 0 atom stereocenters. The zero-order valence-electron chi connectivity index (χ0n) is 11.1. The van der Waals surface area contributed by atoms with E-state index in [1.165, 1.54) is 0 Å². The fourth-order valence-corrected chi connectivity index (χ4v) is 1.81. The van der Waals surface area contributed by atoms with Crippen molar-refractivity contribution in [2.45, 2.75) is 6.36 Å². The number of para-hydroxylation sites is 1. The molecule has 128 valence electrons. The van der Waals surface area contributed by atoms with Crippen LogP contribution in [0.1, 0.15) is 15.9 Å². The average Bonchev–Trinajstić information content (AvgIpc) is 2.50. The van der Waals surface area contributed by atoms with Gasteiger partial charge >= 0.3 is 6.36 Å². The van der Waals surface area contributed by atoms with Gasteiger partial charge in [0.2, 0.25) is 11.6 Å². The number of hydrogen-bond donors (Lipinski definition) is 0. The lowest BCUT2D eigenvalue weighted by molar-refractivity contribution is -0.274. The van der Waals surface area contributed by atoms with Crippen molar-refractivity contribution in [3.05, 3.63) is 64.5 Å². The molecule has 24 heavy (non-hydrogen) atoms. The maximum Gasteiger partial charge on any atom is 0.573 e. The molecule has 0 saturated carbocycles. The lowest BCUT2D eigenvalue weighted by atomic mass is 10.0. The van der Waals surface area contributed by atoms with Gasteiger partial charge in [0.15, 0.2) is 23.3 Å². The van der Waals surface area contributed by atoms with Crippen LogP contribution >= 0.6 is 0 Å². The number of hydrogen-bond acceptors (Lipinski definition) is 2. The first kappa shape index (κ1) is 17.7.